The van der Waals surface area contributed by atoms with Crippen molar-refractivity contribution in [2.45, 2.75) is 51.3 Å². The van der Waals surface area contributed by atoms with Crippen LogP contribution in [0.4, 0.5) is 0 Å². The second-order valence-electron chi connectivity index (χ2n) is 7.02. The first-order chi connectivity index (χ1) is 11.7. The Kier molecular flexibility index (Phi) is 7.50. The van der Waals surface area contributed by atoms with Crippen LogP contribution in [0.1, 0.15) is 38.2 Å². The van der Waals surface area contributed by atoms with Gasteiger partial charge in [-0.25, -0.2) is 0 Å². The number of thiophene rings is 1. The van der Waals surface area contributed by atoms with Crippen LogP contribution >= 0.6 is 23.7 Å². The van der Waals surface area contributed by atoms with E-state index in [4.69, 9.17) is 4.74 Å². The monoisotopic (exact) mass is 384 g/mol. The molecule has 3 rings (SSSR count). The number of halogens is 1. The summed E-state index contributed by atoms with van der Waals surface area (Å²) in [5.74, 6) is 0.130. The van der Waals surface area contributed by atoms with E-state index in [1.54, 1.807) is 11.3 Å². The molecular formula is C19H29ClN2O2S. The lowest BCUT2D eigenvalue weighted by atomic mass is 9.93. The van der Waals surface area contributed by atoms with Gasteiger partial charge < -0.3 is 15.0 Å². The van der Waals surface area contributed by atoms with Crippen LogP contribution in [0.15, 0.2) is 29.5 Å². The van der Waals surface area contributed by atoms with Crippen molar-refractivity contribution in [2.24, 2.45) is 5.41 Å². The fourth-order valence-corrected chi connectivity index (χ4v) is 4.44. The second-order valence-corrected chi connectivity index (χ2v) is 7.80. The van der Waals surface area contributed by atoms with Gasteiger partial charge in [0, 0.05) is 12.6 Å². The fraction of sp³-hybridized carbons (Fsp3) is 0.632. The number of hydrogen-bond acceptors (Lipinski definition) is 4. The van der Waals surface area contributed by atoms with Gasteiger partial charge in [0.25, 0.3) is 5.91 Å². The minimum atomic E-state index is -0.386. The van der Waals surface area contributed by atoms with Gasteiger partial charge in [0.15, 0.2) is 0 Å². The average molecular weight is 385 g/mol. The van der Waals surface area contributed by atoms with Gasteiger partial charge in [0.1, 0.15) is 6.10 Å². The van der Waals surface area contributed by atoms with E-state index in [9.17, 15) is 4.79 Å². The van der Waals surface area contributed by atoms with Crippen molar-refractivity contribution < 1.29 is 9.53 Å². The summed E-state index contributed by atoms with van der Waals surface area (Å²) in [6.45, 7) is 8.99. The predicted molar refractivity (Wildman–Crippen MR) is 105 cm³/mol. The number of nitrogens with zero attached hydrogens (tertiary/aromatic N) is 1. The average Bonchev–Trinajstić information content (AvgIpc) is 3.03. The summed E-state index contributed by atoms with van der Waals surface area (Å²) in [6.07, 6.45) is 5.71. The molecule has 0 radical (unpaired) electrons. The first kappa shape index (κ1) is 20.4. The summed E-state index contributed by atoms with van der Waals surface area (Å²) in [4.78, 5) is 15.1. The standard InChI is InChI=1S/C19H28N2O2S.ClH/c1-3-4-10-23-15(2)18(22)21(13-16-5-11-24-14-16)17-12-19(17)6-8-20-9-7-19;/h3,5,11,14-15,17,20H,1,4,6-10,12-13H2,2H3;1H. The van der Waals surface area contributed by atoms with Crippen molar-refractivity contribution in [1.82, 2.24) is 10.2 Å². The largest absolute Gasteiger partial charge is 0.368 e. The highest BCUT2D eigenvalue weighted by Crippen LogP contribution is 2.56. The number of amides is 1. The van der Waals surface area contributed by atoms with E-state index < -0.39 is 0 Å². The van der Waals surface area contributed by atoms with Crippen LogP contribution in [0.2, 0.25) is 0 Å². The minimum absolute atomic E-state index is 0. The number of nitrogens with one attached hydrogen (secondary N) is 1. The minimum Gasteiger partial charge on any atom is -0.368 e. The van der Waals surface area contributed by atoms with Crippen molar-refractivity contribution in [3.8, 4) is 0 Å². The van der Waals surface area contributed by atoms with Crippen LogP contribution in [0.3, 0.4) is 0 Å². The van der Waals surface area contributed by atoms with Crippen molar-refractivity contribution >= 4 is 29.7 Å². The summed E-state index contributed by atoms with van der Waals surface area (Å²) in [7, 11) is 0. The van der Waals surface area contributed by atoms with Gasteiger partial charge in [0.2, 0.25) is 0 Å². The highest BCUT2D eigenvalue weighted by atomic mass is 35.5. The number of rotatable bonds is 8. The molecule has 0 aromatic carbocycles. The molecule has 25 heavy (non-hydrogen) atoms. The molecule has 6 heteroatoms. The Balaban J connectivity index is 0.00000225. The second kappa shape index (κ2) is 9.17. The fourth-order valence-electron chi connectivity index (χ4n) is 3.78. The smallest absolute Gasteiger partial charge is 0.251 e. The maximum atomic E-state index is 13.0. The van der Waals surface area contributed by atoms with Crippen LogP contribution in [0.5, 0.6) is 0 Å². The number of carbonyl (C=O) groups excluding carboxylic acids is 1. The van der Waals surface area contributed by atoms with Crippen LogP contribution in [0, 0.1) is 5.41 Å². The van der Waals surface area contributed by atoms with Crippen LogP contribution < -0.4 is 5.32 Å². The van der Waals surface area contributed by atoms with Gasteiger partial charge >= 0.3 is 0 Å². The third kappa shape index (κ3) is 4.85. The zero-order chi connectivity index (χ0) is 17.0. The maximum Gasteiger partial charge on any atom is 0.251 e. The van der Waals surface area contributed by atoms with Crippen LogP contribution in [-0.2, 0) is 16.1 Å². The Labute approximate surface area is 161 Å². The lowest BCUT2D eigenvalue weighted by molar-refractivity contribution is -0.144. The molecule has 1 spiro atoms. The topological polar surface area (TPSA) is 41.6 Å². The van der Waals surface area contributed by atoms with E-state index in [-0.39, 0.29) is 24.4 Å². The lowest BCUT2D eigenvalue weighted by Gasteiger charge is -2.31. The van der Waals surface area contributed by atoms with Crippen molar-refractivity contribution in [2.75, 3.05) is 19.7 Å². The first-order valence-electron chi connectivity index (χ1n) is 8.91. The van der Waals surface area contributed by atoms with Gasteiger partial charge in [-0.1, -0.05) is 6.08 Å². The van der Waals surface area contributed by atoms with Crippen LogP contribution in [-0.4, -0.2) is 42.6 Å². The number of piperidine rings is 1. The summed E-state index contributed by atoms with van der Waals surface area (Å²) in [6, 6.07) is 2.49. The molecule has 1 saturated carbocycles. The molecule has 4 nitrogen and oxygen atoms in total. The third-order valence-corrected chi connectivity index (χ3v) is 6.11. The normalized spacial score (nSPS) is 22.0. The van der Waals surface area contributed by atoms with Gasteiger partial charge in [-0.2, -0.15) is 11.3 Å². The summed E-state index contributed by atoms with van der Waals surface area (Å²) in [5.41, 5.74) is 1.57. The molecule has 2 fully saturated rings. The summed E-state index contributed by atoms with van der Waals surface area (Å²) < 4.78 is 5.73. The molecule has 1 aliphatic heterocycles. The van der Waals surface area contributed by atoms with Crippen molar-refractivity contribution in [1.29, 1.82) is 0 Å². The molecule has 0 bridgehead atoms. The Morgan fingerprint density at radius 2 is 2.32 bits per heavy atom. The lowest BCUT2D eigenvalue weighted by Crippen LogP contribution is -2.43. The molecule has 1 aromatic rings. The highest BCUT2D eigenvalue weighted by Gasteiger charge is 2.58. The zero-order valence-electron chi connectivity index (χ0n) is 14.9. The molecule has 2 unspecified atom stereocenters. The SMILES string of the molecule is C=CCCOC(C)C(=O)N(Cc1ccsc1)C1CC12CCNCC2.Cl. The van der Waals surface area contributed by atoms with Crippen LogP contribution in [0.25, 0.3) is 0 Å². The van der Waals surface area contributed by atoms with Gasteiger partial charge in [0.05, 0.1) is 6.61 Å². The van der Waals surface area contributed by atoms with E-state index in [1.807, 2.05) is 13.0 Å². The van der Waals surface area contributed by atoms with Gasteiger partial charge in [-0.05, 0) is 73.5 Å². The molecule has 2 atom stereocenters. The third-order valence-electron chi connectivity index (χ3n) is 5.38. The number of ether oxygens (including phenoxy) is 1. The number of carbonyl (C=O) groups is 1. The van der Waals surface area contributed by atoms with Gasteiger partial charge in [-0.3, -0.25) is 4.79 Å². The molecule has 2 aliphatic rings. The Hall–Kier alpha value is -0.880. The van der Waals surface area contributed by atoms with Gasteiger partial charge in [-0.15, -0.1) is 19.0 Å². The van der Waals surface area contributed by atoms with Crippen molar-refractivity contribution in [3.05, 3.63) is 35.0 Å². The number of hydrogen-bond donors (Lipinski definition) is 1. The molecular weight excluding hydrogens is 356 g/mol. The molecule has 1 aliphatic carbocycles. The zero-order valence-corrected chi connectivity index (χ0v) is 16.5. The highest BCUT2D eigenvalue weighted by molar-refractivity contribution is 7.07. The van der Waals surface area contributed by atoms with E-state index >= 15 is 0 Å². The Morgan fingerprint density at radius 1 is 1.56 bits per heavy atom. The van der Waals surface area contributed by atoms with E-state index in [1.165, 1.54) is 18.4 Å². The molecule has 1 aromatic heterocycles. The molecule has 2 heterocycles. The maximum absolute atomic E-state index is 13.0. The quantitative estimate of drug-likeness (QED) is 0.549. The molecule has 1 N–H and O–H groups in total. The van der Waals surface area contributed by atoms with E-state index in [0.717, 1.165) is 25.9 Å². The predicted octanol–water partition coefficient (Wildman–Crippen LogP) is 3.62. The first-order valence-corrected chi connectivity index (χ1v) is 9.85. The molecule has 1 saturated heterocycles. The molecule has 1 amide bonds. The Bertz CT molecular complexity index is 558. The van der Waals surface area contributed by atoms with E-state index in [2.05, 4.69) is 33.6 Å². The molecule has 140 valence electrons. The summed E-state index contributed by atoms with van der Waals surface area (Å²) in [5, 5.41) is 7.65. The van der Waals surface area contributed by atoms with Crippen molar-refractivity contribution in [3.63, 3.8) is 0 Å². The van der Waals surface area contributed by atoms with E-state index in [0.29, 0.717) is 24.6 Å². The Morgan fingerprint density at radius 3 is 2.96 bits per heavy atom. The summed E-state index contributed by atoms with van der Waals surface area (Å²) >= 11 is 1.69.